The number of guanidine groups is 1. The predicted molar refractivity (Wildman–Crippen MR) is 95.6 cm³/mol. The van der Waals surface area contributed by atoms with E-state index in [0.717, 1.165) is 17.7 Å². The molecular formula is C17H24F2N6. The fourth-order valence-electron chi connectivity index (χ4n) is 2.52. The molecule has 0 aliphatic rings. The molecule has 6 nitrogen and oxygen atoms in total. The quantitative estimate of drug-likeness (QED) is 0.641. The van der Waals surface area contributed by atoms with Crippen LogP contribution >= 0.6 is 0 Å². The van der Waals surface area contributed by atoms with Gasteiger partial charge in [-0.2, -0.15) is 0 Å². The zero-order chi connectivity index (χ0) is 18.6. The number of benzene rings is 1. The van der Waals surface area contributed by atoms with E-state index in [9.17, 15) is 8.78 Å². The van der Waals surface area contributed by atoms with E-state index in [1.807, 2.05) is 30.6 Å². The van der Waals surface area contributed by atoms with E-state index >= 15 is 0 Å². The Labute approximate surface area is 146 Å². The van der Waals surface area contributed by atoms with Crippen molar-refractivity contribution >= 4 is 11.9 Å². The molecule has 1 aromatic carbocycles. The lowest BCUT2D eigenvalue weighted by Gasteiger charge is -2.19. The van der Waals surface area contributed by atoms with Crippen molar-refractivity contribution in [1.82, 2.24) is 20.2 Å². The van der Waals surface area contributed by atoms with E-state index in [4.69, 9.17) is 0 Å². The molecule has 1 aromatic heterocycles. The maximum atomic E-state index is 13.9. The van der Waals surface area contributed by atoms with Crippen LogP contribution in [0, 0.1) is 11.6 Å². The molecule has 0 amide bonds. The standard InChI is InChI=1S/C17H24F2N6/c1-11(14-7-6-12(18)8-15(14)19)23-16(20-2)21-9-13-10-22-17(24(3)4)25(13)5/h6-8,10-11H,9H2,1-5H3,(H2,20,21,23). The van der Waals surface area contributed by atoms with Crippen LogP contribution in [-0.4, -0.2) is 36.7 Å². The second-order valence-electron chi connectivity index (χ2n) is 5.96. The van der Waals surface area contributed by atoms with E-state index in [2.05, 4.69) is 20.6 Å². The summed E-state index contributed by atoms with van der Waals surface area (Å²) in [5.41, 5.74) is 1.35. The van der Waals surface area contributed by atoms with Crippen LogP contribution in [0.4, 0.5) is 14.7 Å². The van der Waals surface area contributed by atoms with E-state index in [0.29, 0.717) is 18.1 Å². The van der Waals surface area contributed by atoms with Gasteiger partial charge in [-0.05, 0) is 13.0 Å². The molecule has 0 bridgehead atoms. The Morgan fingerprint density at radius 1 is 1.36 bits per heavy atom. The highest BCUT2D eigenvalue weighted by atomic mass is 19.1. The molecule has 1 unspecified atom stereocenters. The number of nitrogens with one attached hydrogen (secondary N) is 2. The third-order valence-corrected chi connectivity index (χ3v) is 3.90. The zero-order valence-electron chi connectivity index (χ0n) is 15.1. The number of imidazole rings is 1. The number of aliphatic imine (C=N–C) groups is 1. The average molecular weight is 350 g/mol. The summed E-state index contributed by atoms with van der Waals surface area (Å²) >= 11 is 0. The third-order valence-electron chi connectivity index (χ3n) is 3.90. The van der Waals surface area contributed by atoms with Gasteiger partial charge in [0.05, 0.1) is 24.5 Å². The van der Waals surface area contributed by atoms with Crippen molar-refractivity contribution in [2.75, 3.05) is 26.0 Å². The Bertz CT molecular complexity index is 754. The van der Waals surface area contributed by atoms with Gasteiger partial charge in [-0.1, -0.05) is 6.07 Å². The van der Waals surface area contributed by atoms with Gasteiger partial charge in [0.25, 0.3) is 0 Å². The minimum Gasteiger partial charge on any atom is -0.351 e. The molecule has 136 valence electrons. The van der Waals surface area contributed by atoms with Crippen LogP contribution in [0.5, 0.6) is 0 Å². The second kappa shape index (κ2) is 7.96. The van der Waals surface area contributed by atoms with Crippen molar-refractivity contribution in [1.29, 1.82) is 0 Å². The molecule has 2 rings (SSSR count). The number of anilines is 1. The average Bonchev–Trinajstić information content (AvgIpc) is 2.92. The van der Waals surface area contributed by atoms with Crippen molar-refractivity contribution < 1.29 is 8.78 Å². The first-order chi connectivity index (χ1) is 11.8. The lowest BCUT2D eigenvalue weighted by atomic mass is 10.1. The molecule has 0 saturated heterocycles. The van der Waals surface area contributed by atoms with Gasteiger partial charge in [0.15, 0.2) is 5.96 Å². The van der Waals surface area contributed by atoms with Gasteiger partial charge in [-0.15, -0.1) is 0 Å². The van der Waals surface area contributed by atoms with Crippen LogP contribution < -0.4 is 15.5 Å². The summed E-state index contributed by atoms with van der Waals surface area (Å²) in [7, 11) is 7.43. The van der Waals surface area contributed by atoms with Crippen LogP contribution in [0.1, 0.15) is 24.2 Å². The summed E-state index contributed by atoms with van der Waals surface area (Å²) in [5, 5.41) is 6.27. The van der Waals surface area contributed by atoms with Gasteiger partial charge in [0.1, 0.15) is 11.6 Å². The first kappa shape index (κ1) is 18.7. The number of hydrogen-bond acceptors (Lipinski definition) is 3. The van der Waals surface area contributed by atoms with E-state index in [1.54, 1.807) is 20.2 Å². The van der Waals surface area contributed by atoms with Gasteiger partial charge in [0, 0.05) is 39.8 Å². The monoisotopic (exact) mass is 350 g/mol. The van der Waals surface area contributed by atoms with Crippen molar-refractivity contribution in [3.8, 4) is 0 Å². The lowest BCUT2D eigenvalue weighted by molar-refractivity contribution is 0.550. The highest BCUT2D eigenvalue weighted by Gasteiger charge is 2.14. The Hall–Kier alpha value is -2.64. The van der Waals surface area contributed by atoms with E-state index < -0.39 is 11.6 Å². The molecular weight excluding hydrogens is 326 g/mol. The molecule has 1 atom stereocenters. The van der Waals surface area contributed by atoms with Crippen molar-refractivity contribution in [3.63, 3.8) is 0 Å². The van der Waals surface area contributed by atoms with Crippen molar-refractivity contribution in [3.05, 3.63) is 47.3 Å². The summed E-state index contributed by atoms with van der Waals surface area (Å²) in [6, 6.07) is 3.18. The molecule has 25 heavy (non-hydrogen) atoms. The van der Waals surface area contributed by atoms with Gasteiger partial charge in [-0.25, -0.2) is 13.8 Å². The normalized spacial score (nSPS) is 12.8. The summed E-state index contributed by atoms with van der Waals surface area (Å²) in [5.74, 6) is 0.187. The third kappa shape index (κ3) is 4.46. The number of nitrogens with zero attached hydrogens (tertiary/aromatic N) is 4. The predicted octanol–water partition coefficient (Wildman–Crippen LogP) is 2.19. The summed E-state index contributed by atoms with van der Waals surface area (Å²) < 4.78 is 28.9. The summed E-state index contributed by atoms with van der Waals surface area (Å²) in [4.78, 5) is 10.4. The van der Waals surface area contributed by atoms with Crippen LogP contribution in [-0.2, 0) is 13.6 Å². The number of aromatic nitrogens is 2. The van der Waals surface area contributed by atoms with Gasteiger partial charge < -0.3 is 20.1 Å². The lowest BCUT2D eigenvalue weighted by Crippen LogP contribution is -2.38. The van der Waals surface area contributed by atoms with Crippen molar-refractivity contribution in [2.45, 2.75) is 19.5 Å². The molecule has 2 N–H and O–H groups in total. The maximum absolute atomic E-state index is 13.9. The number of hydrogen-bond donors (Lipinski definition) is 2. The molecule has 0 saturated carbocycles. The molecule has 0 spiro atoms. The Morgan fingerprint density at radius 2 is 2.08 bits per heavy atom. The Morgan fingerprint density at radius 3 is 2.64 bits per heavy atom. The minimum absolute atomic E-state index is 0.365. The van der Waals surface area contributed by atoms with Gasteiger partial charge in [0.2, 0.25) is 5.95 Å². The first-order valence-corrected chi connectivity index (χ1v) is 7.93. The topological polar surface area (TPSA) is 57.5 Å². The second-order valence-corrected chi connectivity index (χ2v) is 5.96. The number of rotatable bonds is 5. The highest BCUT2D eigenvalue weighted by Crippen LogP contribution is 2.17. The highest BCUT2D eigenvalue weighted by molar-refractivity contribution is 5.80. The molecule has 2 aromatic rings. The molecule has 0 radical (unpaired) electrons. The van der Waals surface area contributed by atoms with E-state index in [-0.39, 0.29) is 6.04 Å². The smallest absolute Gasteiger partial charge is 0.204 e. The summed E-state index contributed by atoms with van der Waals surface area (Å²) in [6.07, 6.45) is 1.79. The van der Waals surface area contributed by atoms with Crippen LogP contribution in [0.2, 0.25) is 0 Å². The van der Waals surface area contributed by atoms with Crippen LogP contribution in [0.3, 0.4) is 0 Å². The Balaban J connectivity index is 2.01. The van der Waals surface area contributed by atoms with E-state index in [1.165, 1.54) is 12.1 Å². The SMILES string of the molecule is CN=C(NCc1cnc(N(C)C)n1C)NC(C)c1ccc(F)cc1F. The first-order valence-electron chi connectivity index (χ1n) is 7.93. The van der Waals surface area contributed by atoms with Gasteiger partial charge in [-0.3, -0.25) is 4.99 Å². The molecule has 0 aliphatic carbocycles. The van der Waals surface area contributed by atoms with Crippen LogP contribution in [0.25, 0.3) is 0 Å². The van der Waals surface area contributed by atoms with Crippen molar-refractivity contribution in [2.24, 2.45) is 12.0 Å². The largest absolute Gasteiger partial charge is 0.351 e. The van der Waals surface area contributed by atoms with Crippen LogP contribution in [0.15, 0.2) is 29.4 Å². The summed E-state index contributed by atoms with van der Waals surface area (Å²) in [6.45, 7) is 2.30. The Kier molecular flexibility index (Phi) is 5.95. The molecule has 8 heteroatoms. The fraction of sp³-hybridized carbons (Fsp3) is 0.412. The molecule has 1 heterocycles. The zero-order valence-corrected chi connectivity index (χ0v) is 15.1. The fourth-order valence-corrected chi connectivity index (χ4v) is 2.52. The molecule has 0 aliphatic heterocycles. The maximum Gasteiger partial charge on any atom is 0.204 e. The molecule has 0 fully saturated rings. The van der Waals surface area contributed by atoms with Gasteiger partial charge >= 0.3 is 0 Å². The number of halogens is 2. The minimum atomic E-state index is -0.594.